The fourth-order valence-electron chi connectivity index (χ4n) is 5.89. The molecule has 12 nitrogen and oxygen atoms in total. The summed E-state index contributed by atoms with van der Waals surface area (Å²) in [5.74, 6) is 0.618. The molecule has 6 rings (SSSR count). The lowest BCUT2D eigenvalue weighted by Gasteiger charge is -2.36. The molecule has 2 aliphatic rings. The van der Waals surface area contributed by atoms with Crippen molar-refractivity contribution in [1.82, 2.24) is 35.4 Å². The second-order valence-electron chi connectivity index (χ2n) is 11.1. The predicted octanol–water partition coefficient (Wildman–Crippen LogP) is 4.41. The van der Waals surface area contributed by atoms with Gasteiger partial charge in [0.2, 0.25) is 5.91 Å². The van der Waals surface area contributed by atoms with Crippen molar-refractivity contribution in [2.45, 2.75) is 63.5 Å². The quantitative estimate of drug-likeness (QED) is 0.234. The van der Waals surface area contributed by atoms with E-state index in [9.17, 15) is 14.9 Å². The van der Waals surface area contributed by atoms with Crippen LogP contribution in [0.3, 0.4) is 0 Å². The number of aromatic nitrogens is 5. The largest absolute Gasteiger partial charge is 0.465 e. The Kier molecular flexibility index (Phi) is 7.71. The number of fused-ring (bicyclic) bond motifs is 1. The van der Waals surface area contributed by atoms with Crippen molar-refractivity contribution in [2.75, 3.05) is 11.9 Å². The normalized spacial score (nSPS) is 21.7. The molecule has 4 aromatic rings. The Labute approximate surface area is 246 Å². The number of rotatable bonds is 8. The minimum absolute atomic E-state index is 0.0133. The summed E-state index contributed by atoms with van der Waals surface area (Å²) in [6, 6.07) is 10.2. The number of amides is 2. The van der Waals surface area contributed by atoms with Gasteiger partial charge in [-0.3, -0.25) is 9.78 Å². The van der Waals surface area contributed by atoms with Crippen molar-refractivity contribution in [3.8, 4) is 28.0 Å². The van der Waals surface area contributed by atoms with E-state index in [0.717, 1.165) is 76.7 Å². The molecule has 2 fully saturated rings. The fourth-order valence-corrected chi connectivity index (χ4v) is 6.93. The molecule has 0 atom stereocenters. The van der Waals surface area contributed by atoms with Crippen molar-refractivity contribution < 1.29 is 14.7 Å². The molecule has 216 valence electrons. The maximum absolute atomic E-state index is 11.4. The number of nitrogens with zero attached hydrogens (tertiary/aromatic N) is 6. The number of carboxylic acid groups (broad SMARTS) is 1. The van der Waals surface area contributed by atoms with E-state index in [4.69, 9.17) is 10.1 Å². The van der Waals surface area contributed by atoms with Gasteiger partial charge in [-0.05, 0) is 68.7 Å². The molecule has 4 N–H and O–H groups in total. The Morgan fingerprint density at radius 3 is 2.67 bits per heavy atom. The highest BCUT2D eigenvalue weighted by Gasteiger charge is 2.31. The van der Waals surface area contributed by atoms with Crippen LogP contribution in [-0.4, -0.2) is 60.5 Å². The third kappa shape index (κ3) is 5.89. The molecule has 4 heterocycles. The third-order valence-corrected chi connectivity index (χ3v) is 9.21. The zero-order valence-electron chi connectivity index (χ0n) is 23.1. The number of anilines is 1. The SMILES string of the molecule is CC(=O)NC1CCC(c2nnc(-c3cnc(-c4ccc5cc(C#N)cnn45)cc3NC3CC(CNC(=O)O)C3)s2)CC1. The van der Waals surface area contributed by atoms with E-state index in [1.807, 2.05) is 24.4 Å². The van der Waals surface area contributed by atoms with E-state index < -0.39 is 6.09 Å². The maximum Gasteiger partial charge on any atom is 0.404 e. The Hall–Kier alpha value is -4.57. The van der Waals surface area contributed by atoms with Gasteiger partial charge < -0.3 is 21.1 Å². The van der Waals surface area contributed by atoms with Crippen molar-refractivity contribution in [3.05, 3.63) is 47.2 Å². The van der Waals surface area contributed by atoms with Gasteiger partial charge >= 0.3 is 6.09 Å². The zero-order chi connectivity index (χ0) is 29.2. The molecule has 0 aliphatic heterocycles. The fraction of sp³-hybridized carbons (Fsp3) is 0.414. The van der Waals surface area contributed by atoms with Crippen LogP contribution in [0.15, 0.2) is 36.7 Å². The molecule has 2 amide bonds. The molecule has 0 bridgehead atoms. The van der Waals surface area contributed by atoms with E-state index in [-0.39, 0.29) is 23.9 Å². The number of carbonyl (C=O) groups is 2. The monoisotopic (exact) mass is 585 g/mol. The van der Waals surface area contributed by atoms with Gasteiger partial charge in [-0.2, -0.15) is 10.4 Å². The molecule has 4 aromatic heterocycles. The molecule has 0 unspecified atom stereocenters. The van der Waals surface area contributed by atoms with E-state index >= 15 is 0 Å². The molecule has 42 heavy (non-hydrogen) atoms. The van der Waals surface area contributed by atoms with Gasteiger partial charge in [0.15, 0.2) is 5.01 Å². The van der Waals surface area contributed by atoms with E-state index in [2.05, 4.69) is 37.3 Å². The van der Waals surface area contributed by atoms with Crippen LogP contribution in [0.25, 0.3) is 27.5 Å². The smallest absolute Gasteiger partial charge is 0.404 e. The predicted molar refractivity (Wildman–Crippen MR) is 157 cm³/mol. The molecule has 2 saturated carbocycles. The Bertz CT molecular complexity index is 1660. The summed E-state index contributed by atoms with van der Waals surface area (Å²) in [6.45, 7) is 2.00. The van der Waals surface area contributed by atoms with Crippen LogP contribution in [0.4, 0.5) is 10.5 Å². The summed E-state index contributed by atoms with van der Waals surface area (Å²) in [6.07, 6.45) is 7.82. The van der Waals surface area contributed by atoms with Crippen LogP contribution < -0.4 is 16.0 Å². The first-order valence-electron chi connectivity index (χ1n) is 14.1. The molecular formula is C29H31N9O3S. The van der Waals surface area contributed by atoms with Crippen molar-refractivity contribution in [2.24, 2.45) is 5.92 Å². The standard InChI is InChI=1S/C29H31N9O3S/c1-16(39)34-20-4-2-19(3-5-20)27-36-37-28(42-27)23-15-31-25(26-7-6-22-10-18(12-30)14-33-38(22)26)11-24(23)35-21-8-17(9-21)13-32-29(40)41/h6-7,10-11,14-15,17,19-21,32H,2-5,8-9,13H2,1H3,(H,31,35)(H,34,39)(H,40,41). The van der Waals surface area contributed by atoms with E-state index in [1.165, 1.54) is 6.20 Å². The number of nitrogens with one attached hydrogen (secondary N) is 3. The van der Waals surface area contributed by atoms with Gasteiger partial charge in [0, 0.05) is 43.4 Å². The number of carbonyl (C=O) groups excluding carboxylic acids is 1. The van der Waals surface area contributed by atoms with E-state index in [0.29, 0.717) is 18.0 Å². The topological polar surface area (TPSA) is 170 Å². The summed E-state index contributed by atoms with van der Waals surface area (Å²) in [5, 5.41) is 42.7. The number of hydrogen-bond donors (Lipinski definition) is 4. The van der Waals surface area contributed by atoms with Crippen molar-refractivity contribution in [3.63, 3.8) is 0 Å². The Morgan fingerprint density at radius 1 is 1.12 bits per heavy atom. The van der Waals surface area contributed by atoms with Crippen LogP contribution in [0, 0.1) is 17.2 Å². The van der Waals surface area contributed by atoms with Gasteiger partial charge in [0.1, 0.15) is 11.1 Å². The van der Waals surface area contributed by atoms with Gasteiger partial charge in [0.05, 0.1) is 34.2 Å². The molecule has 0 spiro atoms. The number of hydrogen-bond acceptors (Lipinski definition) is 9. The summed E-state index contributed by atoms with van der Waals surface area (Å²) < 4.78 is 1.77. The highest BCUT2D eigenvalue weighted by molar-refractivity contribution is 7.14. The van der Waals surface area contributed by atoms with Gasteiger partial charge in [-0.1, -0.05) is 11.3 Å². The molecule has 0 aromatic carbocycles. The van der Waals surface area contributed by atoms with Crippen LogP contribution >= 0.6 is 11.3 Å². The lowest BCUT2D eigenvalue weighted by atomic mass is 9.80. The van der Waals surface area contributed by atoms with Crippen molar-refractivity contribution >= 4 is 34.5 Å². The highest BCUT2D eigenvalue weighted by atomic mass is 32.1. The van der Waals surface area contributed by atoms with Crippen LogP contribution in [-0.2, 0) is 4.79 Å². The molecule has 0 saturated heterocycles. The van der Waals surface area contributed by atoms with Crippen molar-refractivity contribution in [1.29, 1.82) is 5.26 Å². The number of nitriles is 1. The molecule has 2 aliphatic carbocycles. The minimum atomic E-state index is -1.00. The summed E-state index contributed by atoms with van der Waals surface area (Å²) in [5.41, 5.74) is 4.57. The maximum atomic E-state index is 11.4. The zero-order valence-corrected chi connectivity index (χ0v) is 23.9. The second-order valence-corrected chi connectivity index (χ2v) is 12.1. The van der Waals surface area contributed by atoms with Gasteiger partial charge in [0.25, 0.3) is 0 Å². The summed E-state index contributed by atoms with van der Waals surface area (Å²) >= 11 is 1.58. The average Bonchev–Trinajstić information content (AvgIpc) is 3.61. The minimum Gasteiger partial charge on any atom is -0.465 e. The Morgan fingerprint density at radius 2 is 1.93 bits per heavy atom. The second kappa shape index (κ2) is 11.7. The number of pyridine rings is 1. The first kappa shape index (κ1) is 27.6. The lowest BCUT2D eigenvalue weighted by molar-refractivity contribution is -0.119. The highest BCUT2D eigenvalue weighted by Crippen LogP contribution is 2.40. The Balaban J connectivity index is 1.25. The van der Waals surface area contributed by atoms with Crippen LogP contribution in [0.1, 0.15) is 61.9 Å². The third-order valence-electron chi connectivity index (χ3n) is 8.09. The summed E-state index contributed by atoms with van der Waals surface area (Å²) in [7, 11) is 0. The average molecular weight is 586 g/mol. The van der Waals surface area contributed by atoms with E-state index in [1.54, 1.807) is 28.8 Å². The first-order chi connectivity index (χ1) is 20.4. The lowest BCUT2D eigenvalue weighted by Crippen LogP contribution is -2.41. The van der Waals surface area contributed by atoms with Crippen LogP contribution in [0.5, 0.6) is 0 Å². The van der Waals surface area contributed by atoms with Gasteiger partial charge in [-0.25, -0.2) is 9.31 Å². The van der Waals surface area contributed by atoms with Crippen LogP contribution in [0.2, 0.25) is 0 Å². The summed E-state index contributed by atoms with van der Waals surface area (Å²) in [4.78, 5) is 27.1. The molecule has 0 radical (unpaired) electrons. The van der Waals surface area contributed by atoms with Gasteiger partial charge in [-0.15, -0.1) is 10.2 Å². The molecular weight excluding hydrogens is 554 g/mol. The first-order valence-corrected chi connectivity index (χ1v) is 14.9. The molecule has 13 heteroatoms.